The van der Waals surface area contributed by atoms with Crippen molar-refractivity contribution in [2.24, 2.45) is 0 Å². The lowest BCUT2D eigenvalue weighted by molar-refractivity contribution is 0.289. The summed E-state index contributed by atoms with van der Waals surface area (Å²) in [4.78, 5) is 5.25. The zero-order valence-corrected chi connectivity index (χ0v) is 7.78. The third-order valence-corrected chi connectivity index (χ3v) is 2.64. The minimum absolute atomic E-state index is 0.259. The van der Waals surface area contributed by atoms with E-state index in [1.54, 1.807) is 11.3 Å². The van der Waals surface area contributed by atoms with Crippen molar-refractivity contribution in [3.8, 4) is 0 Å². The van der Waals surface area contributed by atoms with Crippen molar-refractivity contribution < 1.29 is 5.11 Å². The minimum Gasteiger partial charge on any atom is -0.396 e. The molecule has 0 radical (unpaired) electrons. The summed E-state index contributed by atoms with van der Waals surface area (Å²) in [5.74, 6) is 0. The van der Waals surface area contributed by atoms with Crippen molar-refractivity contribution >= 4 is 27.3 Å². The van der Waals surface area contributed by atoms with Crippen LogP contribution in [-0.2, 0) is 6.42 Å². The van der Waals surface area contributed by atoms with Crippen LogP contribution in [0.4, 0.5) is 0 Å². The van der Waals surface area contributed by atoms with E-state index in [2.05, 4.69) is 20.9 Å². The molecule has 0 unspecified atom stereocenters. The Morgan fingerprint density at radius 1 is 1.70 bits per heavy atom. The Morgan fingerprint density at radius 2 is 2.50 bits per heavy atom. The van der Waals surface area contributed by atoms with Gasteiger partial charge in [-0.15, -0.1) is 11.3 Å². The van der Waals surface area contributed by atoms with E-state index < -0.39 is 0 Å². The number of aliphatic hydroxyl groups excluding tert-OH is 1. The molecule has 0 spiro atoms. The number of hydrogen-bond acceptors (Lipinski definition) is 3. The Hall–Kier alpha value is 0.0700. The lowest BCUT2D eigenvalue weighted by Gasteiger charge is -1.89. The van der Waals surface area contributed by atoms with Gasteiger partial charge < -0.3 is 5.11 Å². The predicted octanol–water partition coefficient (Wildman–Crippen LogP) is 1.83. The normalized spacial score (nSPS) is 10.2. The fraction of sp³-hybridized carbons (Fsp3) is 0.500. The molecule has 0 atom stereocenters. The highest BCUT2D eigenvalue weighted by Gasteiger charge is 1.96. The minimum atomic E-state index is 0.259. The number of aryl methyl sites for hydroxylation is 1. The quantitative estimate of drug-likeness (QED) is 0.846. The zero-order valence-electron chi connectivity index (χ0n) is 5.38. The Balaban J connectivity index is 2.42. The van der Waals surface area contributed by atoms with Crippen LogP contribution >= 0.6 is 27.3 Å². The molecule has 0 saturated heterocycles. The summed E-state index contributed by atoms with van der Waals surface area (Å²) in [6.45, 7) is 0.259. The molecule has 0 aliphatic heterocycles. The van der Waals surface area contributed by atoms with Crippen LogP contribution in [0.3, 0.4) is 0 Å². The monoisotopic (exact) mass is 221 g/mol. The number of nitrogens with zero attached hydrogens (tertiary/aromatic N) is 1. The van der Waals surface area contributed by atoms with Crippen molar-refractivity contribution in [3.05, 3.63) is 15.0 Å². The zero-order chi connectivity index (χ0) is 7.40. The topological polar surface area (TPSA) is 33.1 Å². The summed E-state index contributed by atoms with van der Waals surface area (Å²) in [5.41, 5.74) is 0. The van der Waals surface area contributed by atoms with Gasteiger partial charge in [0.1, 0.15) is 0 Å². The summed E-state index contributed by atoms with van der Waals surface area (Å²) in [5, 5.41) is 8.51. The first-order valence-electron chi connectivity index (χ1n) is 3.04. The van der Waals surface area contributed by atoms with Gasteiger partial charge >= 0.3 is 0 Å². The number of aliphatic hydroxyl groups is 1. The Morgan fingerprint density at radius 3 is 3.00 bits per heavy atom. The average Bonchev–Trinajstić information content (AvgIpc) is 2.31. The van der Waals surface area contributed by atoms with E-state index in [0.29, 0.717) is 0 Å². The Labute approximate surface area is 72.0 Å². The molecule has 2 nitrogen and oxygen atoms in total. The second-order valence-electron chi connectivity index (χ2n) is 1.91. The van der Waals surface area contributed by atoms with Gasteiger partial charge in [-0.3, -0.25) is 0 Å². The first kappa shape index (κ1) is 8.17. The van der Waals surface area contributed by atoms with Gasteiger partial charge in [-0.25, -0.2) is 4.98 Å². The number of hydrogen-bond donors (Lipinski definition) is 1. The molecule has 4 heteroatoms. The molecule has 0 aromatic carbocycles. The third kappa shape index (κ3) is 2.36. The van der Waals surface area contributed by atoms with Crippen LogP contribution in [0.25, 0.3) is 0 Å². The van der Waals surface area contributed by atoms with Crippen molar-refractivity contribution in [1.82, 2.24) is 4.98 Å². The molecule has 0 amide bonds. The lowest BCUT2D eigenvalue weighted by atomic mass is 10.3. The average molecular weight is 222 g/mol. The van der Waals surface area contributed by atoms with Gasteiger partial charge in [0.25, 0.3) is 0 Å². The van der Waals surface area contributed by atoms with Crippen molar-refractivity contribution in [1.29, 1.82) is 0 Å². The van der Waals surface area contributed by atoms with Crippen LogP contribution in [0, 0.1) is 0 Å². The maximum absolute atomic E-state index is 8.51. The van der Waals surface area contributed by atoms with Gasteiger partial charge in [-0.05, 0) is 28.8 Å². The van der Waals surface area contributed by atoms with E-state index in [1.165, 1.54) is 4.88 Å². The smallest absolute Gasteiger partial charge is 0.159 e. The summed E-state index contributed by atoms with van der Waals surface area (Å²) >= 11 is 4.89. The van der Waals surface area contributed by atoms with Gasteiger partial charge in [0.2, 0.25) is 0 Å². The molecular formula is C6H8BrNOS. The summed E-state index contributed by atoms with van der Waals surface area (Å²) in [6, 6.07) is 0. The van der Waals surface area contributed by atoms with Crippen molar-refractivity contribution in [2.75, 3.05) is 6.61 Å². The number of halogens is 1. The van der Waals surface area contributed by atoms with E-state index in [1.807, 2.05) is 6.20 Å². The van der Waals surface area contributed by atoms with Crippen molar-refractivity contribution in [2.45, 2.75) is 12.8 Å². The van der Waals surface area contributed by atoms with Crippen LogP contribution in [0.2, 0.25) is 0 Å². The van der Waals surface area contributed by atoms with Gasteiger partial charge in [0.05, 0.1) is 0 Å². The summed E-state index contributed by atoms with van der Waals surface area (Å²) < 4.78 is 0.917. The molecule has 0 aliphatic carbocycles. The first-order chi connectivity index (χ1) is 4.83. The molecule has 1 rings (SSSR count). The van der Waals surface area contributed by atoms with E-state index in [0.717, 1.165) is 16.8 Å². The molecule has 1 aromatic rings. The molecule has 1 aromatic heterocycles. The van der Waals surface area contributed by atoms with Crippen LogP contribution < -0.4 is 0 Å². The molecular weight excluding hydrogens is 214 g/mol. The molecule has 56 valence electrons. The maximum Gasteiger partial charge on any atom is 0.159 e. The van der Waals surface area contributed by atoms with Crippen molar-refractivity contribution in [3.63, 3.8) is 0 Å². The third-order valence-electron chi connectivity index (χ3n) is 1.11. The largest absolute Gasteiger partial charge is 0.396 e. The fourth-order valence-corrected chi connectivity index (χ4v) is 2.05. The van der Waals surface area contributed by atoms with Crippen LogP contribution in [-0.4, -0.2) is 16.7 Å². The molecule has 0 saturated carbocycles. The molecule has 0 aliphatic rings. The second kappa shape index (κ2) is 4.05. The highest BCUT2D eigenvalue weighted by atomic mass is 79.9. The van der Waals surface area contributed by atoms with E-state index >= 15 is 0 Å². The van der Waals surface area contributed by atoms with E-state index in [9.17, 15) is 0 Å². The Kier molecular flexibility index (Phi) is 3.31. The SMILES string of the molecule is OCCCc1cnc(Br)s1. The van der Waals surface area contributed by atoms with Gasteiger partial charge in [-0.2, -0.15) is 0 Å². The Bertz CT molecular complexity index is 201. The predicted molar refractivity (Wildman–Crippen MR) is 45.2 cm³/mol. The highest BCUT2D eigenvalue weighted by molar-refractivity contribution is 9.11. The number of thiazole rings is 1. The maximum atomic E-state index is 8.51. The van der Waals surface area contributed by atoms with E-state index in [-0.39, 0.29) is 6.61 Å². The standard InChI is InChI=1S/C6H8BrNOS/c7-6-8-4-5(10-6)2-1-3-9/h4,9H,1-3H2. The number of rotatable bonds is 3. The fourth-order valence-electron chi connectivity index (χ4n) is 0.652. The van der Waals surface area contributed by atoms with Crippen LogP contribution in [0.5, 0.6) is 0 Å². The van der Waals surface area contributed by atoms with Gasteiger partial charge in [0, 0.05) is 17.7 Å². The van der Waals surface area contributed by atoms with Gasteiger partial charge in [0.15, 0.2) is 3.92 Å². The molecule has 1 heterocycles. The second-order valence-corrected chi connectivity index (χ2v) is 4.30. The lowest BCUT2D eigenvalue weighted by Crippen LogP contribution is -1.84. The van der Waals surface area contributed by atoms with Crippen LogP contribution in [0.15, 0.2) is 10.1 Å². The van der Waals surface area contributed by atoms with E-state index in [4.69, 9.17) is 5.11 Å². The van der Waals surface area contributed by atoms with Gasteiger partial charge in [-0.1, -0.05) is 0 Å². The molecule has 10 heavy (non-hydrogen) atoms. The number of aromatic nitrogens is 1. The molecule has 1 N–H and O–H groups in total. The van der Waals surface area contributed by atoms with Crippen LogP contribution in [0.1, 0.15) is 11.3 Å². The highest BCUT2D eigenvalue weighted by Crippen LogP contribution is 2.19. The first-order valence-corrected chi connectivity index (χ1v) is 4.65. The molecule has 0 fully saturated rings. The summed E-state index contributed by atoms with van der Waals surface area (Å²) in [6.07, 6.45) is 3.60. The summed E-state index contributed by atoms with van der Waals surface area (Å²) in [7, 11) is 0. The molecule has 0 bridgehead atoms.